The first-order valence-electron chi connectivity index (χ1n) is 9.13. The van der Waals surface area contributed by atoms with Crippen LogP contribution in [0, 0.1) is 11.3 Å². The molecule has 2 N–H and O–H groups in total. The highest BCUT2D eigenvalue weighted by molar-refractivity contribution is 5.75. The van der Waals surface area contributed by atoms with E-state index in [9.17, 15) is 4.79 Å². The number of carbonyl (C=O) groups is 1. The summed E-state index contributed by atoms with van der Waals surface area (Å²) in [5.41, 5.74) is 5.69. The van der Waals surface area contributed by atoms with E-state index >= 15 is 0 Å². The van der Waals surface area contributed by atoms with Crippen molar-refractivity contribution in [2.45, 2.75) is 105 Å². The molecule has 0 bridgehead atoms. The number of hydrogen-bond acceptors (Lipinski definition) is 3. The van der Waals surface area contributed by atoms with Gasteiger partial charge in [-0.3, -0.25) is 4.79 Å². The van der Waals surface area contributed by atoms with Crippen molar-refractivity contribution in [1.82, 2.24) is 0 Å². The molecule has 0 spiro atoms. The number of rotatable bonds is 12. The lowest BCUT2D eigenvalue weighted by Gasteiger charge is -2.23. The fourth-order valence-electron chi connectivity index (χ4n) is 2.46. The molecule has 0 aliphatic carbocycles. The third-order valence-corrected chi connectivity index (χ3v) is 4.34. The summed E-state index contributed by atoms with van der Waals surface area (Å²) in [4.78, 5) is 12.0. The van der Waals surface area contributed by atoms with Gasteiger partial charge in [-0.25, -0.2) is 0 Å². The average molecular weight is 314 g/mol. The Morgan fingerprint density at radius 2 is 1.45 bits per heavy atom. The molecule has 0 aromatic rings. The third-order valence-electron chi connectivity index (χ3n) is 4.34. The lowest BCUT2D eigenvalue weighted by molar-refractivity contribution is -0.158. The van der Waals surface area contributed by atoms with E-state index in [1.54, 1.807) is 0 Å². The summed E-state index contributed by atoms with van der Waals surface area (Å²) in [6, 6.07) is 0.354. The summed E-state index contributed by atoms with van der Waals surface area (Å²) in [6.45, 7) is 12.2. The normalized spacial score (nSPS) is 13.7. The second-order valence-electron chi connectivity index (χ2n) is 7.91. The van der Waals surface area contributed by atoms with E-state index in [4.69, 9.17) is 10.5 Å². The molecule has 0 aromatic carbocycles. The number of hydrogen-bond donors (Lipinski definition) is 1. The first-order chi connectivity index (χ1) is 10.2. The van der Waals surface area contributed by atoms with Crippen LogP contribution in [0.15, 0.2) is 0 Å². The molecule has 0 aromatic heterocycles. The van der Waals surface area contributed by atoms with Gasteiger partial charge >= 0.3 is 5.97 Å². The highest BCUT2D eigenvalue weighted by Gasteiger charge is 2.29. The van der Waals surface area contributed by atoms with Crippen LogP contribution in [-0.2, 0) is 9.53 Å². The smallest absolute Gasteiger partial charge is 0.311 e. The summed E-state index contributed by atoms with van der Waals surface area (Å²) < 4.78 is 5.32. The quantitative estimate of drug-likeness (QED) is 0.404. The number of unbranched alkanes of at least 4 members (excludes halogenated alkanes) is 5. The molecule has 0 fully saturated rings. The zero-order valence-electron chi connectivity index (χ0n) is 15.8. The maximum atomic E-state index is 12.0. The van der Waals surface area contributed by atoms with Crippen LogP contribution >= 0.6 is 0 Å². The molecular formula is C19H39NO2. The van der Waals surface area contributed by atoms with Gasteiger partial charge in [-0.2, -0.15) is 0 Å². The van der Waals surface area contributed by atoms with Gasteiger partial charge in [0.05, 0.1) is 11.5 Å². The predicted molar refractivity (Wildman–Crippen MR) is 94.8 cm³/mol. The van der Waals surface area contributed by atoms with Crippen LogP contribution in [0.25, 0.3) is 0 Å². The van der Waals surface area contributed by atoms with Gasteiger partial charge in [0.15, 0.2) is 0 Å². The molecule has 0 amide bonds. The van der Waals surface area contributed by atoms with Gasteiger partial charge in [0, 0.05) is 6.04 Å². The van der Waals surface area contributed by atoms with Crippen LogP contribution in [0.4, 0.5) is 0 Å². The highest BCUT2D eigenvalue weighted by Crippen LogP contribution is 2.26. The molecule has 0 saturated carbocycles. The summed E-state index contributed by atoms with van der Waals surface area (Å²) >= 11 is 0. The lowest BCUT2D eigenvalue weighted by Crippen LogP contribution is -2.28. The number of carbonyl (C=O) groups excluding carboxylic acids is 1. The summed E-state index contributed by atoms with van der Waals surface area (Å²) in [7, 11) is 0. The van der Waals surface area contributed by atoms with E-state index in [0.29, 0.717) is 12.0 Å². The number of nitrogens with two attached hydrogens (primary N) is 1. The zero-order chi connectivity index (χ0) is 17.2. The Bertz CT molecular complexity index is 298. The number of ether oxygens (including phenoxy) is 1. The molecule has 1 unspecified atom stereocenters. The maximum Gasteiger partial charge on any atom is 0.311 e. The lowest BCUT2D eigenvalue weighted by atomic mass is 9.86. The van der Waals surface area contributed by atoms with Gasteiger partial charge in [-0.1, -0.05) is 52.4 Å². The fraction of sp³-hybridized carbons (Fsp3) is 0.947. The van der Waals surface area contributed by atoms with Crippen LogP contribution in [-0.4, -0.2) is 18.1 Å². The topological polar surface area (TPSA) is 52.3 Å². The Kier molecular flexibility index (Phi) is 10.8. The minimum Gasteiger partial charge on any atom is -0.463 e. The van der Waals surface area contributed by atoms with E-state index in [0.717, 1.165) is 19.3 Å². The van der Waals surface area contributed by atoms with Gasteiger partial charge in [0.25, 0.3) is 0 Å². The average Bonchev–Trinajstić information content (AvgIpc) is 2.40. The minimum atomic E-state index is -0.353. The van der Waals surface area contributed by atoms with Gasteiger partial charge in [0.2, 0.25) is 0 Å². The van der Waals surface area contributed by atoms with Gasteiger partial charge < -0.3 is 10.5 Å². The molecule has 0 aliphatic rings. The Labute approximate surface area is 138 Å². The van der Waals surface area contributed by atoms with Gasteiger partial charge in [-0.05, 0) is 46.5 Å². The predicted octanol–water partition coefficient (Wildman–Crippen LogP) is 5.07. The van der Waals surface area contributed by atoms with E-state index < -0.39 is 0 Å². The second-order valence-corrected chi connectivity index (χ2v) is 7.91. The Morgan fingerprint density at radius 1 is 0.955 bits per heavy atom. The Hall–Kier alpha value is -0.570. The molecule has 22 heavy (non-hydrogen) atoms. The molecule has 3 heteroatoms. The summed E-state index contributed by atoms with van der Waals surface area (Å²) in [5, 5.41) is 0. The van der Waals surface area contributed by atoms with Crippen LogP contribution < -0.4 is 5.73 Å². The molecule has 1 atom stereocenters. The van der Waals surface area contributed by atoms with Crippen molar-refractivity contribution in [3.05, 3.63) is 0 Å². The third kappa shape index (κ3) is 10.2. The van der Waals surface area contributed by atoms with Crippen molar-refractivity contribution in [2.75, 3.05) is 0 Å². The molecule has 3 nitrogen and oxygen atoms in total. The standard InChI is InChI=1S/C19H39NO2/c1-15(2)17(20)13-11-9-7-8-10-12-14-19(5,6)18(21)22-16(3)4/h15-17H,7-14,20H2,1-6H3. The van der Waals surface area contributed by atoms with Crippen LogP contribution in [0.1, 0.15) is 92.9 Å². The van der Waals surface area contributed by atoms with E-state index in [-0.39, 0.29) is 17.5 Å². The van der Waals surface area contributed by atoms with Crippen LogP contribution in [0.5, 0.6) is 0 Å². The molecule has 0 radical (unpaired) electrons. The monoisotopic (exact) mass is 313 g/mol. The molecule has 132 valence electrons. The van der Waals surface area contributed by atoms with Crippen molar-refractivity contribution in [3.63, 3.8) is 0 Å². The largest absolute Gasteiger partial charge is 0.463 e. The minimum absolute atomic E-state index is 0.0241. The molecule has 0 rings (SSSR count). The summed E-state index contributed by atoms with van der Waals surface area (Å²) in [5.74, 6) is 0.526. The van der Waals surface area contributed by atoms with Crippen molar-refractivity contribution >= 4 is 5.97 Å². The Balaban J connectivity index is 3.62. The fourth-order valence-corrected chi connectivity index (χ4v) is 2.46. The molecule has 0 saturated heterocycles. The maximum absolute atomic E-state index is 12.0. The van der Waals surface area contributed by atoms with E-state index in [1.165, 1.54) is 32.1 Å². The highest BCUT2D eigenvalue weighted by atomic mass is 16.5. The zero-order valence-corrected chi connectivity index (χ0v) is 15.8. The first kappa shape index (κ1) is 21.4. The Morgan fingerprint density at radius 3 is 1.95 bits per heavy atom. The SMILES string of the molecule is CC(C)OC(=O)C(C)(C)CCCCCCCCC(N)C(C)C. The van der Waals surface area contributed by atoms with Gasteiger partial charge in [-0.15, -0.1) is 0 Å². The van der Waals surface area contributed by atoms with Crippen molar-refractivity contribution in [3.8, 4) is 0 Å². The van der Waals surface area contributed by atoms with Crippen molar-refractivity contribution < 1.29 is 9.53 Å². The number of esters is 1. The van der Waals surface area contributed by atoms with Crippen LogP contribution in [0.2, 0.25) is 0 Å². The van der Waals surface area contributed by atoms with Crippen molar-refractivity contribution in [2.24, 2.45) is 17.1 Å². The van der Waals surface area contributed by atoms with E-state index in [1.807, 2.05) is 27.7 Å². The molecule has 0 aliphatic heterocycles. The second kappa shape index (κ2) is 11.0. The molecule has 0 heterocycles. The first-order valence-corrected chi connectivity index (χ1v) is 9.13. The van der Waals surface area contributed by atoms with E-state index in [2.05, 4.69) is 13.8 Å². The van der Waals surface area contributed by atoms with Crippen molar-refractivity contribution in [1.29, 1.82) is 0 Å². The van der Waals surface area contributed by atoms with Crippen LogP contribution in [0.3, 0.4) is 0 Å². The van der Waals surface area contributed by atoms with Gasteiger partial charge in [0.1, 0.15) is 0 Å². The summed E-state index contributed by atoms with van der Waals surface area (Å²) in [6.07, 6.45) is 9.39. The molecular weight excluding hydrogens is 274 g/mol.